The van der Waals surface area contributed by atoms with Gasteiger partial charge in [0.25, 0.3) is 0 Å². The van der Waals surface area contributed by atoms with Crippen LogP contribution in [0.2, 0.25) is 0 Å². The summed E-state index contributed by atoms with van der Waals surface area (Å²) in [5.41, 5.74) is 0.862. The van der Waals surface area contributed by atoms with Gasteiger partial charge in [0, 0.05) is 19.1 Å². The molecule has 0 bridgehead atoms. The minimum absolute atomic E-state index is 0.135. The fourth-order valence-electron chi connectivity index (χ4n) is 2.34. The average Bonchev–Trinajstić information content (AvgIpc) is 2.84. The van der Waals surface area contributed by atoms with Crippen LogP contribution in [0.25, 0.3) is 0 Å². The molecule has 2 heterocycles. The van der Waals surface area contributed by atoms with Crippen LogP contribution in [0.15, 0.2) is 4.90 Å². The van der Waals surface area contributed by atoms with Crippen LogP contribution in [-0.4, -0.2) is 56.7 Å². The second kappa shape index (κ2) is 5.10. The van der Waals surface area contributed by atoms with Crippen LogP contribution in [0.5, 0.6) is 0 Å². The molecule has 0 radical (unpaired) electrons. The van der Waals surface area contributed by atoms with Crippen molar-refractivity contribution < 1.29 is 16.8 Å². The predicted molar refractivity (Wildman–Crippen MR) is 73.2 cm³/mol. The molecule has 0 amide bonds. The van der Waals surface area contributed by atoms with Gasteiger partial charge in [0.1, 0.15) is 4.90 Å². The molecule has 8 nitrogen and oxygen atoms in total. The number of aryl methyl sites for hydroxylation is 2. The summed E-state index contributed by atoms with van der Waals surface area (Å²) in [7, 11) is -6.98. The molecule has 2 N–H and O–H groups in total. The van der Waals surface area contributed by atoms with Gasteiger partial charge in [0.2, 0.25) is 20.0 Å². The molecule has 10 heteroatoms. The van der Waals surface area contributed by atoms with Crippen LogP contribution in [0.1, 0.15) is 17.8 Å². The molecular weight excluding hydrogens is 304 g/mol. The minimum Gasteiger partial charge on any atom is -0.281 e. The van der Waals surface area contributed by atoms with E-state index in [-0.39, 0.29) is 11.4 Å². The maximum Gasteiger partial charge on any atom is 0.244 e. The molecular formula is C10H18N4O4S2. The van der Waals surface area contributed by atoms with Crippen molar-refractivity contribution in [3.8, 4) is 0 Å². The van der Waals surface area contributed by atoms with Crippen molar-refractivity contribution in [2.75, 3.05) is 19.3 Å². The van der Waals surface area contributed by atoms with Gasteiger partial charge >= 0.3 is 0 Å². The lowest BCUT2D eigenvalue weighted by Gasteiger charge is -2.15. The van der Waals surface area contributed by atoms with E-state index in [0.717, 1.165) is 6.26 Å². The number of aromatic nitrogens is 2. The maximum atomic E-state index is 12.3. The molecule has 114 valence electrons. The number of aromatic amines is 1. The SMILES string of the molecule is Cc1n[nH]c(C)c1S(=O)(=O)NC1CCN(S(C)(=O)=O)C1. The highest BCUT2D eigenvalue weighted by molar-refractivity contribution is 7.89. The van der Waals surface area contributed by atoms with E-state index in [4.69, 9.17) is 0 Å². The fraction of sp³-hybridized carbons (Fsp3) is 0.700. The predicted octanol–water partition coefficient (Wildman–Crippen LogP) is -0.661. The average molecular weight is 322 g/mol. The maximum absolute atomic E-state index is 12.3. The topological polar surface area (TPSA) is 112 Å². The van der Waals surface area contributed by atoms with E-state index in [2.05, 4.69) is 14.9 Å². The van der Waals surface area contributed by atoms with E-state index in [1.165, 1.54) is 4.31 Å². The van der Waals surface area contributed by atoms with E-state index in [9.17, 15) is 16.8 Å². The molecule has 1 aromatic heterocycles. The van der Waals surface area contributed by atoms with E-state index in [0.29, 0.717) is 24.4 Å². The highest BCUT2D eigenvalue weighted by atomic mass is 32.2. The van der Waals surface area contributed by atoms with Crippen LogP contribution in [-0.2, 0) is 20.0 Å². The van der Waals surface area contributed by atoms with Gasteiger partial charge in [0.05, 0.1) is 17.6 Å². The normalized spacial score (nSPS) is 21.4. The Morgan fingerprint density at radius 3 is 2.40 bits per heavy atom. The second-order valence-electron chi connectivity index (χ2n) is 4.99. The zero-order chi connectivity index (χ0) is 15.1. The van der Waals surface area contributed by atoms with E-state index in [1.807, 2.05) is 0 Å². The van der Waals surface area contributed by atoms with Crippen molar-refractivity contribution in [2.45, 2.75) is 31.2 Å². The van der Waals surface area contributed by atoms with Crippen molar-refractivity contribution in [1.29, 1.82) is 0 Å². The van der Waals surface area contributed by atoms with Gasteiger partial charge in [-0.2, -0.15) is 5.10 Å². The summed E-state index contributed by atoms with van der Waals surface area (Å²) in [6, 6.07) is -0.413. The monoisotopic (exact) mass is 322 g/mol. The van der Waals surface area contributed by atoms with Gasteiger partial charge in [-0.15, -0.1) is 0 Å². The third-order valence-corrected chi connectivity index (χ3v) is 6.32. The van der Waals surface area contributed by atoms with Gasteiger partial charge < -0.3 is 0 Å². The molecule has 0 aliphatic carbocycles. The lowest BCUT2D eigenvalue weighted by molar-refractivity contribution is 0.472. The summed E-state index contributed by atoms with van der Waals surface area (Å²) >= 11 is 0. The van der Waals surface area contributed by atoms with Crippen LogP contribution in [0.3, 0.4) is 0 Å². The molecule has 1 atom stereocenters. The van der Waals surface area contributed by atoms with Crippen molar-refractivity contribution in [3.05, 3.63) is 11.4 Å². The summed E-state index contributed by atoms with van der Waals surface area (Å²) in [6.07, 6.45) is 1.58. The molecule has 1 saturated heterocycles. The minimum atomic E-state index is -3.70. The lowest BCUT2D eigenvalue weighted by Crippen LogP contribution is -2.38. The summed E-state index contributed by atoms with van der Waals surface area (Å²) < 4.78 is 51.3. The summed E-state index contributed by atoms with van der Waals surface area (Å²) in [4.78, 5) is 0.135. The quantitative estimate of drug-likeness (QED) is 0.764. The third-order valence-electron chi connectivity index (χ3n) is 3.27. The van der Waals surface area contributed by atoms with Gasteiger partial charge in [-0.25, -0.2) is 25.9 Å². The molecule has 2 rings (SSSR count). The van der Waals surface area contributed by atoms with Crippen LogP contribution in [0.4, 0.5) is 0 Å². The fourth-order valence-corrected chi connectivity index (χ4v) is 4.86. The lowest BCUT2D eigenvalue weighted by atomic mass is 10.3. The van der Waals surface area contributed by atoms with Gasteiger partial charge in [-0.3, -0.25) is 5.10 Å². The number of hydrogen-bond donors (Lipinski definition) is 2. The molecule has 1 fully saturated rings. The van der Waals surface area contributed by atoms with E-state index in [1.54, 1.807) is 13.8 Å². The molecule has 1 aliphatic heterocycles. The molecule has 20 heavy (non-hydrogen) atoms. The number of nitrogens with zero attached hydrogens (tertiary/aromatic N) is 2. The second-order valence-corrected chi connectivity index (χ2v) is 8.62. The van der Waals surface area contributed by atoms with Crippen molar-refractivity contribution in [1.82, 2.24) is 19.2 Å². The Bertz CT molecular complexity index is 688. The zero-order valence-electron chi connectivity index (χ0n) is 11.5. The molecule has 1 aromatic rings. The first kappa shape index (κ1) is 15.4. The molecule has 0 spiro atoms. The van der Waals surface area contributed by atoms with E-state index >= 15 is 0 Å². The van der Waals surface area contributed by atoms with Gasteiger partial charge in [-0.05, 0) is 20.3 Å². The Morgan fingerprint density at radius 2 is 1.95 bits per heavy atom. The van der Waals surface area contributed by atoms with Crippen molar-refractivity contribution >= 4 is 20.0 Å². The number of H-pyrrole nitrogens is 1. The highest BCUT2D eigenvalue weighted by Gasteiger charge is 2.33. The summed E-state index contributed by atoms with van der Waals surface area (Å²) in [6.45, 7) is 3.73. The van der Waals surface area contributed by atoms with Crippen LogP contribution in [0, 0.1) is 13.8 Å². The highest BCUT2D eigenvalue weighted by Crippen LogP contribution is 2.19. The summed E-state index contributed by atoms with van der Waals surface area (Å²) in [5, 5.41) is 6.49. The Balaban J connectivity index is 2.16. The largest absolute Gasteiger partial charge is 0.281 e. The first-order valence-electron chi connectivity index (χ1n) is 6.10. The number of hydrogen-bond acceptors (Lipinski definition) is 5. The third kappa shape index (κ3) is 3.03. The standard InChI is InChI=1S/C10H18N4O4S2/c1-7-10(8(2)12-11-7)20(17,18)13-9-4-5-14(6-9)19(3,15)16/h9,13H,4-6H2,1-3H3,(H,11,12). The Morgan fingerprint density at radius 1 is 1.30 bits per heavy atom. The van der Waals surface area contributed by atoms with Crippen LogP contribution < -0.4 is 4.72 Å². The molecule has 0 saturated carbocycles. The van der Waals surface area contributed by atoms with Gasteiger partial charge in [0.15, 0.2) is 0 Å². The first-order valence-corrected chi connectivity index (χ1v) is 9.43. The van der Waals surface area contributed by atoms with Crippen LogP contribution >= 0.6 is 0 Å². The molecule has 1 aliphatic rings. The Kier molecular flexibility index (Phi) is 3.93. The number of nitrogens with one attached hydrogen (secondary N) is 2. The number of rotatable bonds is 4. The van der Waals surface area contributed by atoms with E-state index < -0.39 is 26.1 Å². The first-order chi connectivity index (χ1) is 9.11. The smallest absolute Gasteiger partial charge is 0.244 e. The Hall–Kier alpha value is -0.970. The van der Waals surface area contributed by atoms with Crippen molar-refractivity contribution in [3.63, 3.8) is 0 Å². The number of sulfonamides is 2. The molecule has 0 aromatic carbocycles. The molecule has 1 unspecified atom stereocenters. The van der Waals surface area contributed by atoms with Gasteiger partial charge in [-0.1, -0.05) is 0 Å². The summed E-state index contributed by atoms with van der Waals surface area (Å²) in [5.74, 6) is 0. The Labute approximate surface area is 118 Å². The van der Waals surface area contributed by atoms with Crippen molar-refractivity contribution in [2.24, 2.45) is 0 Å². The zero-order valence-corrected chi connectivity index (χ0v) is 13.2.